The van der Waals surface area contributed by atoms with Crippen molar-refractivity contribution in [1.29, 1.82) is 0 Å². The van der Waals surface area contributed by atoms with Gasteiger partial charge in [-0.05, 0) is 57.6 Å². The molecule has 3 atom stereocenters. The number of hydrogen-bond donors (Lipinski definition) is 0. The van der Waals surface area contributed by atoms with Gasteiger partial charge < -0.3 is 4.74 Å². The Balaban J connectivity index is 0.00000190. The van der Waals surface area contributed by atoms with Crippen LogP contribution in [-0.4, -0.2) is 25.2 Å². The van der Waals surface area contributed by atoms with Crippen LogP contribution in [0, 0.1) is 32.6 Å². The van der Waals surface area contributed by atoms with Crippen molar-refractivity contribution in [3.05, 3.63) is 34.4 Å². The second kappa shape index (κ2) is 12.1. The van der Waals surface area contributed by atoms with E-state index in [1.807, 2.05) is 32.9 Å². The van der Waals surface area contributed by atoms with E-state index in [4.69, 9.17) is 19.1 Å². The zero-order chi connectivity index (χ0) is 21.3. The standard InChI is InChI=1S/C21H30O5.H2OP/c1-13-11-14(2)18(15(3)12-13)20(22)19(17-9-7-6-8-10-17)21(23)26-25-16(4)24-5;1-2/h11-12,16-17,19H,6-10H2,1-5H3;2H2/q;+1. The van der Waals surface area contributed by atoms with Crippen molar-refractivity contribution in [2.45, 2.75) is 66.1 Å². The number of ether oxygens (including phenoxy) is 1. The van der Waals surface area contributed by atoms with Crippen LogP contribution in [0.5, 0.6) is 0 Å². The fourth-order valence-corrected chi connectivity index (χ4v) is 3.91. The Morgan fingerprint density at radius 1 is 1.04 bits per heavy atom. The molecule has 0 radical (unpaired) electrons. The van der Waals surface area contributed by atoms with Crippen LogP contribution in [0.25, 0.3) is 0 Å². The van der Waals surface area contributed by atoms with Crippen molar-refractivity contribution in [1.82, 2.24) is 0 Å². The summed E-state index contributed by atoms with van der Waals surface area (Å²) in [4.78, 5) is 36.0. The van der Waals surface area contributed by atoms with E-state index in [9.17, 15) is 9.59 Å². The average Bonchev–Trinajstić information content (AvgIpc) is 2.68. The lowest BCUT2D eigenvalue weighted by Crippen LogP contribution is -2.35. The van der Waals surface area contributed by atoms with Gasteiger partial charge in [-0.2, -0.15) is 4.89 Å². The Morgan fingerprint density at radius 2 is 1.57 bits per heavy atom. The maximum Gasteiger partial charge on any atom is 0.353 e. The Bertz CT molecular complexity index is 646. The predicted octanol–water partition coefficient (Wildman–Crippen LogP) is 4.67. The largest absolute Gasteiger partial charge is 0.353 e. The number of aryl methyl sites for hydroxylation is 3. The van der Waals surface area contributed by atoms with Crippen LogP contribution in [0.3, 0.4) is 0 Å². The lowest BCUT2D eigenvalue weighted by atomic mass is 9.75. The van der Waals surface area contributed by atoms with Crippen LogP contribution in [0.4, 0.5) is 0 Å². The second-order valence-electron chi connectivity index (χ2n) is 7.32. The average molecular weight is 411 g/mol. The Kier molecular flexibility index (Phi) is 10.5. The van der Waals surface area contributed by atoms with Gasteiger partial charge >= 0.3 is 15.1 Å². The van der Waals surface area contributed by atoms with Crippen LogP contribution in [0.1, 0.15) is 66.1 Å². The third kappa shape index (κ3) is 6.47. The molecule has 156 valence electrons. The molecule has 1 aromatic carbocycles. The molecule has 0 aliphatic heterocycles. The number of ketones is 1. The first-order valence-electron chi connectivity index (χ1n) is 9.60. The number of methoxy groups -OCH3 is 1. The van der Waals surface area contributed by atoms with Crippen LogP contribution in [-0.2, 0) is 23.9 Å². The molecule has 0 amide bonds. The maximum atomic E-state index is 13.4. The van der Waals surface area contributed by atoms with Gasteiger partial charge in [-0.1, -0.05) is 41.5 Å². The molecule has 0 N–H and O–H groups in total. The minimum absolute atomic E-state index is 0.00898. The van der Waals surface area contributed by atoms with Crippen LogP contribution < -0.4 is 0 Å². The molecule has 6 nitrogen and oxygen atoms in total. The number of rotatable bonds is 7. The van der Waals surface area contributed by atoms with Gasteiger partial charge in [-0.15, -0.1) is 0 Å². The lowest BCUT2D eigenvalue weighted by Gasteiger charge is -2.28. The fourth-order valence-electron chi connectivity index (χ4n) is 3.91. The Hall–Kier alpha value is -1.62. The smallest absolute Gasteiger partial charge is 0.352 e. The number of Topliss-reactive ketones (excluding diaryl/α,β-unsaturated/α-hetero) is 1. The van der Waals surface area contributed by atoms with Crippen LogP contribution in [0.15, 0.2) is 12.1 Å². The van der Waals surface area contributed by atoms with Crippen molar-refractivity contribution in [3.8, 4) is 0 Å². The summed E-state index contributed by atoms with van der Waals surface area (Å²) in [5, 5.41) is 0. The molecule has 0 bridgehead atoms. The molecule has 28 heavy (non-hydrogen) atoms. The Labute approximate surface area is 169 Å². The number of hydrogen-bond acceptors (Lipinski definition) is 6. The van der Waals surface area contributed by atoms with Gasteiger partial charge in [0.1, 0.15) is 5.92 Å². The van der Waals surface area contributed by atoms with E-state index in [0.29, 0.717) is 5.56 Å². The minimum atomic E-state index is -0.834. The molecule has 1 aromatic rings. The van der Waals surface area contributed by atoms with Gasteiger partial charge in [0.2, 0.25) is 0 Å². The zero-order valence-electron chi connectivity index (χ0n) is 17.4. The van der Waals surface area contributed by atoms with E-state index in [-0.39, 0.29) is 11.7 Å². The van der Waals surface area contributed by atoms with Crippen LogP contribution in [0.2, 0.25) is 0 Å². The number of carbonyl (C=O) groups excluding carboxylic acids is 2. The molecule has 1 aliphatic carbocycles. The molecule has 7 heteroatoms. The second-order valence-corrected chi connectivity index (χ2v) is 7.32. The van der Waals surface area contributed by atoms with Gasteiger partial charge in [0.25, 0.3) is 0 Å². The summed E-state index contributed by atoms with van der Waals surface area (Å²) in [7, 11) is 2.63. The lowest BCUT2D eigenvalue weighted by molar-refractivity contribution is -0.344. The van der Waals surface area contributed by atoms with Crippen molar-refractivity contribution in [2.75, 3.05) is 7.11 Å². The van der Waals surface area contributed by atoms with E-state index < -0.39 is 18.2 Å². The molecular weight excluding hydrogens is 379 g/mol. The molecule has 3 unspecified atom stereocenters. The maximum absolute atomic E-state index is 13.4. The van der Waals surface area contributed by atoms with Gasteiger partial charge in [0.05, 0.1) is 0 Å². The van der Waals surface area contributed by atoms with Gasteiger partial charge in [-0.25, -0.2) is 4.79 Å². The van der Waals surface area contributed by atoms with Crippen molar-refractivity contribution < 1.29 is 28.7 Å². The van der Waals surface area contributed by atoms with E-state index >= 15 is 0 Å². The first kappa shape index (κ1) is 24.4. The third-order valence-electron chi connectivity index (χ3n) is 5.18. The SMILES string of the molecule is COC(C)OOC(=O)C(C(=O)c1c(C)cc(C)cc1C)C1CCCCC1.O=[PH2+]. The minimum Gasteiger partial charge on any atom is -0.352 e. The molecule has 0 aromatic heterocycles. The monoisotopic (exact) mass is 411 g/mol. The van der Waals surface area contributed by atoms with E-state index in [1.54, 1.807) is 6.92 Å². The number of benzene rings is 1. The molecule has 2 rings (SSSR count). The van der Waals surface area contributed by atoms with Gasteiger partial charge in [0, 0.05) is 12.7 Å². The summed E-state index contributed by atoms with van der Waals surface area (Å²) >= 11 is 0. The molecule has 0 saturated heterocycles. The summed E-state index contributed by atoms with van der Waals surface area (Å²) < 4.78 is 13.1. The highest BCUT2D eigenvalue weighted by molar-refractivity contribution is 7.00. The summed E-state index contributed by atoms with van der Waals surface area (Å²) in [5.41, 5.74) is 3.52. The van der Waals surface area contributed by atoms with Crippen molar-refractivity contribution >= 4 is 20.9 Å². The molecule has 1 saturated carbocycles. The molecule has 0 heterocycles. The summed E-state index contributed by atoms with van der Waals surface area (Å²) in [6, 6.07) is 3.96. The van der Waals surface area contributed by atoms with Crippen molar-refractivity contribution in [3.63, 3.8) is 0 Å². The van der Waals surface area contributed by atoms with E-state index in [2.05, 4.69) is 0 Å². The first-order chi connectivity index (χ1) is 13.3. The predicted molar refractivity (Wildman–Crippen MR) is 109 cm³/mol. The van der Waals surface area contributed by atoms with Crippen molar-refractivity contribution in [2.24, 2.45) is 11.8 Å². The quantitative estimate of drug-likeness (QED) is 0.162. The zero-order valence-corrected chi connectivity index (χ0v) is 18.6. The van der Waals surface area contributed by atoms with E-state index in [1.165, 1.54) is 16.2 Å². The summed E-state index contributed by atoms with van der Waals surface area (Å²) in [6.45, 7) is 7.46. The Morgan fingerprint density at radius 3 is 2.07 bits per heavy atom. The molecular formula is C21H32O6P+. The fraction of sp³-hybridized carbons (Fsp3) is 0.619. The number of carbonyl (C=O) groups is 2. The highest BCUT2D eigenvalue weighted by Gasteiger charge is 2.39. The molecule has 0 spiro atoms. The van der Waals surface area contributed by atoms with Gasteiger partial charge in [0.15, 0.2) is 12.1 Å². The molecule has 1 fully saturated rings. The normalized spacial score (nSPS) is 16.5. The van der Waals surface area contributed by atoms with E-state index in [0.717, 1.165) is 48.8 Å². The highest BCUT2D eigenvalue weighted by atomic mass is 31.0. The molecule has 1 aliphatic rings. The van der Waals surface area contributed by atoms with Gasteiger partial charge in [-0.3, -0.25) is 9.68 Å². The third-order valence-corrected chi connectivity index (χ3v) is 5.18. The van der Waals surface area contributed by atoms with Crippen LogP contribution >= 0.6 is 9.12 Å². The highest BCUT2D eigenvalue weighted by Crippen LogP contribution is 2.34. The summed E-state index contributed by atoms with van der Waals surface area (Å²) in [6.07, 6.45) is 4.24. The first-order valence-corrected chi connectivity index (χ1v) is 10.1. The summed E-state index contributed by atoms with van der Waals surface area (Å²) in [5.74, 6) is -1.62. The topological polar surface area (TPSA) is 78.9 Å².